The topological polar surface area (TPSA) is 99.2 Å². The molecule has 0 unspecified atom stereocenters. The minimum absolute atomic E-state index is 0.215. The van der Waals surface area contributed by atoms with Crippen LogP contribution in [0.1, 0.15) is 47.4 Å². The van der Waals surface area contributed by atoms with Gasteiger partial charge in [0.2, 0.25) is 0 Å². The fourth-order valence-corrected chi connectivity index (χ4v) is 2.82. The van der Waals surface area contributed by atoms with Crippen LogP contribution in [-0.4, -0.2) is 10.1 Å². The molecule has 0 atom stereocenters. The van der Waals surface area contributed by atoms with Crippen molar-refractivity contribution in [1.29, 1.82) is 10.5 Å². The van der Waals surface area contributed by atoms with E-state index in [0.717, 1.165) is 11.1 Å². The molecule has 2 aromatic carbocycles. The zero-order valence-electron chi connectivity index (χ0n) is 17.9. The highest BCUT2D eigenvalue weighted by molar-refractivity contribution is 5.48. The summed E-state index contributed by atoms with van der Waals surface area (Å²) in [5, 5.41) is 27.8. The number of aliphatic hydroxyl groups excluding tert-OH is 1. The first kappa shape index (κ1) is 23.4. The van der Waals surface area contributed by atoms with Crippen LogP contribution in [0, 0.1) is 29.6 Å². The summed E-state index contributed by atoms with van der Waals surface area (Å²) in [5.41, 5.74) is 3.90. The number of hydrogen-bond donors (Lipinski definition) is 1. The number of nitrogens with zero attached hydrogens (tertiary/aromatic N) is 3. The molecule has 0 aliphatic heterocycles. The van der Waals surface area contributed by atoms with Gasteiger partial charge in [-0.25, -0.2) is 0 Å². The molecular formula is C25H25N3O3. The Hall–Kier alpha value is -3.87. The summed E-state index contributed by atoms with van der Waals surface area (Å²) < 4.78 is 11.9. The zero-order chi connectivity index (χ0) is 22.6. The third-order valence-electron chi connectivity index (χ3n) is 4.29. The van der Waals surface area contributed by atoms with E-state index in [9.17, 15) is 5.11 Å². The standard InChI is InChI=1S/C23H19N3O3.C2H6/c1-16-22(28-14-19-6-2-4-17(8-19)10-24)23(21(13-27)12-26-16)29-15-20-7-3-5-18(9-20)11-25;1-2/h2-9,12,27H,13-15H2,1H3;1-2H3. The highest BCUT2D eigenvalue weighted by Crippen LogP contribution is 2.35. The van der Waals surface area contributed by atoms with Gasteiger partial charge in [-0.1, -0.05) is 38.1 Å². The second-order valence-corrected chi connectivity index (χ2v) is 6.39. The molecule has 1 heterocycles. The normalized spacial score (nSPS) is 9.61. The Morgan fingerprint density at radius 3 is 1.87 bits per heavy atom. The summed E-state index contributed by atoms with van der Waals surface area (Å²) in [5.74, 6) is 0.856. The van der Waals surface area contributed by atoms with Crippen molar-refractivity contribution >= 4 is 0 Å². The molecule has 3 rings (SSSR count). The van der Waals surface area contributed by atoms with Gasteiger partial charge in [-0.15, -0.1) is 0 Å². The van der Waals surface area contributed by atoms with Crippen molar-refractivity contribution in [3.05, 3.63) is 88.2 Å². The number of nitriles is 2. The van der Waals surface area contributed by atoms with Crippen LogP contribution in [0.5, 0.6) is 11.5 Å². The molecule has 31 heavy (non-hydrogen) atoms. The van der Waals surface area contributed by atoms with Gasteiger partial charge in [0, 0.05) is 11.8 Å². The summed E-state index contributed by atoms with van der Waals surface area (Å²) in [6.07, 6.45) is 1.56. The number of hydrogen-bond acceptors (Lipinski definition) is 6. The van der Waals surface area contributed by atoms with Gasteiger partial charge in [-0.05, 0) is 42.3 Å². The van der Waals surface area contributed by atoms with E-state index in [1.165, 1.54) is 0 Å². The maximum absolute atomic E-state index is 9.71. The summed E-state index contributed by atoms with van der Waals surface area (Å²) >= 11 is 0. The molecular weight excluding hydrogens is 390 g/mol. The van der Waals surface area contributed by atoms with Crippen molar-refractivity contribution in [2.24, 2.45) is 0 Å². The molecule has 0 aliphatic carbocycles. The predicted octanol–water partition coefficient (Wildman–Crippen LogP) is 4.81. The number of benzene rings is 2. The van der Waals surface area contributed by atoms with Crippen LogP contribution in [-0.2, 0) is 19.8 Å². The molecule has 0 radical (unpaired) electrons. The van der Waals surface area contributed by atoms with Crippen molar-refractivity contribution in [1.82, 2.24) is 4.98 Å². The molecule has 0 saturated heterocycles. The van der Waals surface area contributed by atoms with Crippen LogP contribution in [0.25, 0.3) is 0 Å². The Labute approximate surface area is 182 Å². The monoisotopic (exact) mass is 415 g/mol. The van der Waals surface area contributed by atoms with Crippen LogP contribution in [0.15, 0.2) is 54.7 Å². The summed E-state index contributed by atoms with van der Waals surface area (Å²) in [6.45, 7) is 5.99. The van der Waals surface area contributed by atoms with Crippen molar-refractivity contribution in [3.63, 3.8) is 0 Å². The van der Waals surface area contributed by atoms with Crippen LogP contribution < -0.4 is 9.47 Å². The predicted molar refractivity (Wildman–Crippen MR) is 117 cm³/mol. The van der Waals surface area contributed by atoms with Gasteiger partial charge < -0.3 is 14.6 Å². The fourth-order valence-electron chi connectivity index (χ4n) is 2.82. The minimum atomic E-state index is -0.249. The van der Waals surface area contributed by atoms with Crippen LogP contribution >= 0.6 is 0 Å². The average Bonchev–Trinajstić information content (AvgIpc) is 2.83. The van der Waals surface area contributed by atoms with Gasteiger partial charge in [-0.2, -0.15) is 10.5 Å². The van der Waals surface area contributed by atoms with Gasteiger partial charge in [0.15, 0.2) is 11.5 Å². The highest BCUT2D eigenvalue weighted by atomic mass is 16.5. The molecule has 0 fully saturated rings. The van der Waals surface area contributed by atoms with Gasteiger partial charge in [0.05, 0.1) is 35.6 Å². The lowest BCUT2D eigenvalue weighted by Gasteiger charge is -2.17. The van der Waals surface area contributed by atoms with Gasteiger partial charge in [0.1, 0.15) is 13.2 Å². The lowest BCUT2D eigenvalue weighted by Crippen LogP contribution is -2.06. The minimum Gasteiger partial charge on any atom is -0.484 e. The van der Waals surface area contributed by atoms with Crippen molar-refractivity contribution in [2.75, 3.05) is 0 Å². The van der Waals surface area contributed by atoms with E-state index >= 15 is 0 Å². The fraction of sp³-hybridized carbons (Fsp3) is 0.240. The average molecular weight is 415 g/mol. The molecule has 158 valence electrons. The Balaban J connectivity index is 0.00000166. The van der Waals surface area contributed by atoms with Crippen molar-refractivity contribution < 1.29 is 14.6 Å². The van der Waals surface area contributed by atoms with Crippen LogP contribution in [0.3, 0.4) is 0 Å². The Kier molecular flexibility index (Phi) is 9.04. The van der Waals surface area contributed by atoms with E-state index in [2.05, 4.69) is 17.1 Å². The van der Waals surface area contributed by atoms with Crippen LogP contribution in [0.2, 0.25) is 0 Å². The molecule has 6 heteroatoms. The lowest BCUT2D eigenvalue weighted by molar-refractivity contribution is 0.234. The first-order valence-electron chi connectivity index (χ1n) is 9.97. The summed E-state index contributed by atoms with van der Waals surface area (Å²) in [4.78, 5) is 4.28. The third kappa shape index (κ3) is 6.30. The van der Waals surface area contributed by atoms with E-state index < -0.39 is 0 Å². The molecule has 1 aromatic heterocycles. The number of ether oxygens (including phenoxy) is 2. The molecule has 0 saturated carbocycles. The lowest BCUT2D eigenvalue weighted by atomic mass is 10.1. The molecule has 0 spiro atoms. The zero-order valence-corrected chi connectivity index (χ0v) is 17.9. The molecule has 0 bridgehead atoms. The Bertz CT molecular complexity index is 1100. The molecule has 6 nitrogen and oxygen atoms in total. The number of aryl methyl sites for hydroxylation is 1. The molecule has 0 amide bonds. The summed E-state index contributed by atoms with van der Waals surface area (Å²) in [6, 6.07) is 18.5. The Morgan fingerprint density at radius 2 is 1.39 bits per heavy atom. The van der Waals surface area contributed by atoms with E-state index in [4.69, 9.17) is 20.0 Å². The van der Waals surface area contributed by atoms with E-state index in [-0.39, 0.29) is 19.8 Å². The smallest absolute Gasteiger partial charge is 0.183 e. The number of aromatic nitrogens is 1. The molecule has 1 N–H and O–H groups in total. The van der Waals surface area contributed by atoms with Crippen molar-refractivity contribution in [3.8, 4) is 23.6 Å². The van der Waals surface area contributed by atoms with Gasteiger partial charge in [0.25, 0.3) is 0 Å². The quantitative estimate of drug-likeness (QED) is 0.594. The number of aliphatic hydroxyl groups is 1. The van der Waals surface area contributed by atoms with Gasteiger partial charge >= 0.3 is 0 Å². The maximum atomic E-state index is 9.71. The Morgan fingerprint density at radius 1 is 0.871 bits per heavy atom. The largest absolute Gasteiger partial charge is 0.484 e. The SMILES string of the molecule is CC.Cc1ncc(CO)c(OCc2cccc(C#N)c2)c1OCc1cccc(C#N)c1. The molecule has 3 aromatic rings. The van der Waals surface area contributed by atoms with Gasteiger partial charge in [-0.3, -0.25) is 4.98 Å². The van der Waals surface area contributed by atoms with E-state index in [1.54, 1.807) is 49.5 Å². The third-order valence-corrected chi connectivity index (χ3v) is 4.29. The number of rotatable bonds is 7. The first-order chi connectivity index (χ1) is 15.1. The second kappa shape index (κ2) is 12.0. The van der Waals surface area contributed by atoms with E-state index in [1.807, 2.05) is 26.0 Å². The number of pyridine rings is 1. The van der Waals surface area contributed by atoms with Crippen molar-refractivity contribution in [2.45, 2.75) is 40.6 Å². The van der Waals surface area contributed by atoms with Crippen LogP contribution in [0.4, 0.5) is 0 Å². The second-order valence-electron chi connectivity index (χ2n) is 6.39. The van der Waals surface area contributed by atoms with E-state index in [0.29, 0.717) is 33.9 Å². The maximum Gasteiger partial charge on any atom is 0.183 e. The highest BCUT2D eigenvalue weighted by Gasteiger charge is 2.16. The summed E-state index contributed by atoms with van der Waals surface area (Å²) in [7, 11) is 0. The molecule has 0 aliphatic rings. The first-order valence-corrected chi connectivity index (χ1v) is 9.97.